The highest BCUT2D eigenvalue weighted by Gasteiger charge is 2.51. The Morgan fingerprint density at radius 1 is 1.13 bits per heavy atom. The van der Waals surface area contributed by atoms with E-state index in [4.69, 9.17) is 13.7 Å². The van der Waals surface area contributed by atoms with E-state index in [2.05, 4.69) is 48.0 Å². The fourth-order valence-corrected chi connectivity index (χ4v) is 8.16. The van der Waals surface area contributed by atoms with Gasteiger partial charge in [-0.05, 0) is 54.6 Å². The normalized spacial score (nSPS) is 15.6. The number of hydrogen-bond donors (Lipinski definition) is 0. The summed E-state index contributed by atoms with van der Waals surface area (Å²) in [6.45, 7) is 7.06. The SMILES string of the molecule is COc1ccccc1S(=O)(=O)N(CC[Si](C)(C)C)c1noc2c1CC1(CC1)c1ccc(Cc3cocn3)cc1-2. The number of oxazole rings is 1. The number of fused-ring (bicyclic) bond motifs is 4. The summed E-state index contributed by atoms with van der Waals surface area (Å²) in [7, 11) is -4.07. The Bertz CT molecular complexity index is 1620. The molecule has 204 valence electrons. The van der Waals surface area contributed by atoms with E-state index < -0.39 is 18.1 Å². The largest absolute Gasteiger partial charge is 0.495 e. The molecular formula is C29H33N3O5SSi. The molecular weight excluding hydrogens is 530 g/mol. The molecule has 2 aromatic carbocycles. The van der Waals surface area contributed by atoms with Crippen LogP contribution in [0.3, 0.4) is 0 Å². The summed E-state index contributed by atoms with van der Waals surface area (Å²) in [5.74, 6) is 1.37. The van der Waals surface area contributed by atoms with Crippen LogP contribution in [0, 0.1) is 0 Å². The van der Waals surface area contributed by atoms with Gasteiger partial charge in [-0.25, -0.2) is 17.7 Å². The third-order valence-electron chi connectivity index (χ3n) is 7.84. The van der Waals surface area contributed by atoms with E-state index in [1.807, 2.05) is 0 Å². The number of nitrogens with zero attached hydrogens (tertiary/aromatic N) is 3. The molecule has 10 heteroatoms. The molecule has 2 aromatic heterocycles. The minimum absolute atomic E-state index is 0.00625. The van der Waals surface area contributed by atoms with Crippen molar-refractivity contribution in [3.63, 3.8) is 0 Å². The van der Waals surface area contributed by atoms with Crippen LogP contribution in [0.4, 0.5) is 5.82 Å². The quantitative estimate of drug-likeness (QED) is 0.229. The molecule has 1 saturated carbocycles. The number of benzene rings is 2. The van der Waals surface area contributed by atoms with Crippen LogP contribution in [0.1, 0.15) is 35.2 Å². The van der Waals surface area contributed by atoms with Gasteiger partial charge >= 0.3 is 0 Å². The van der Waals surface area contributed by atoms with Gasteiger partial charge in [0.25, 0.3) is 10.0 Å². The van der Waals surface area contributed by atoms with Gasteiger partial charge in [-0.1, -0.05) is 49.1 Å². The average molecular weight is 564 g/mol. The smallest absolute Gasteiger partial charge is 0.269 e. The predicted molar refractivity (Wildman–Crippen MR) is 152 cm³/mol. The maximum atomic E-state index is 14.2. The van der Waals surface area contributed by atoms with Gasteiger partial charge in [-0.3, -0.25) is 0 Å². The van der Waals surface area contributed by atoms with E-state index in [1.54, 1.807) is 30.5 Å². The molecule has 0 amide bonds. The predicted octanol–water partition coefficient (Wildman–Crippen LogP) is 6.05. The van der Waals surface area contributed by atoms with E-state index in [-0.39, 0.29) is 10.3 Å². The number of rotatable bonds is 9. The molecule has 2 aliphatic carbocycles. The maximum absolute atomic E-state index is 14.2. The van der Waals surface area contributed by atoms with Crippen molar-refractivity contribution >= 4 is 23.9 Å². The molecule has 4 aromatic rings. The summed E-state index contributed by atoms with van der Waals surface area (Å²) in [5.41, 5.74) is 5.05. The number of aromatic nitrogens is 2. The molecule has 39 heavy (non-hydrogen) atoms. The van der Waals surface area contributed by atoms with Gasteiger partial charge in [0, 0.05) is 37.6 Å². The maximum Gasteiger partial charge on any atom is 0.269 e. The lowest BCUT2D eigenvalue weighted by molar-refractivity contribution is 0.402. The van der Waals surface area contributed by atoms with Crippen LogP contribution in [0.2, 0.25) is 25.7 Å². The Balaban J connectivity index is 1.46. The zero-order valence-electron chi connectivity index (χ0n) is 22.7. The van der Waals surface area contributed by atoms with Crippen molar-refractivity contribution in [3.05, 3.63) is 77.5 Å². The van der Waals surface area contributed by atoms with Crippen molar-refractivity contribution in [2.75, 3.05) is 18.0 Å². The molecule has 0 unspecified atom stereocenters. The van der Waals surface area contributed by atoms with Crippen LogP contribution in [-0.4, -0.2) is 40.3 Å². The van der Waals surface area contributed by atoms with Gasteiger partial charge in [0.2, 0.25) is 0 Å². The van der Waals surface area contributed by atoms with Gasteiger partial charge < -0.3 is 13.7 Å². The van der Waals surface area contributed by atoms with Crippen molar-refractivity contribution in [2.45, 2.75) is 61.7 Å². The molecule has 1 fully saturated rings. The number of ether oxygens (including phenoxy) is 1. The summed E-state index contributed by atoms with van der Waals surface area (Å²) in [5, 5.41) is 4.46. The van der Waals surface area contributed by atoms with Gasteiger partial charge in [-0.2, -0.15) is 0 Å². The zero-order chi connectivity index (χ0) is 27.4. The molecule has 0 radical (unpaired) electrons. The highest BCUT2D eigenvalue weighted by molar-refractivity contribution is 7.93. The summed E-state index contributed by atoms with van der Waals surface area (Å²) >= 11 is 0. The first-order valence-corrected chi connectivity index (χ1v) is 18.4. The van der Waals surface area contributed by atoms with Crippen LogP contribution in [0.25, 0.3) is 11.3 Å². The second-order valence-corrected chi connectivity index (χ2v) is 19.3. The lowest BCUT2D eigenvalue weighted by Gasteiger charge is -2.29. The van der Waals surface area contributed by atoms with Gasteiger partial charge in [0.05, 0.1) is 12.8 Å². The standard InChI is InChI=1S/C29H33N3O5SSi/c1-35-25-7-5-6-8-26(25)38(33,34)32(13-14-39(2,3)4)28-23-17-29(11-12-29)24-10-9-20(15-21-18-36-19-30-21)16-22(24)27(23)37-31-28/h5-10,16,18-19H,11-15,17H2,1-4H3. The van der Waals surface area contributed by atoms with Crippen molar-refractivity contribution < 1.29 is 22.1 Å². The molecule has 6 rings (SSSR count). The van der Waals surface area contributed by atoms with E-state index >= 15 is 0 Å². The van der Waals surface area contributed by atoms with Crippen LogP contribution < -0.4 is 9.04 Å². The minimum atomic E-state index is -3.97. The Kier molecular flexibility index (Phi) is 6.22. The Hall–Kier alpha value is -3.37. The van der Waals surface area contributed by atoms with Crippen molar-refractivity contribution in [2.24, 2.45) is 0 Å². The first-order chi connectivity index (χ1) is 18.6. The number of anilines is 1. The number of methoxy groups -OCH3 is 1. The first-order valence-electron chi connectivity index (χ1n) is 13.3. The third-order valence-corrected chi connectivity index (χ3v) is 11.4. The lowest BCUT2D eigenvalue weighted by Crippen LogP contribution is -2.37. The van der Waals surface area contributed by atoms with Gasteiger partial charge in [0.15, 0.2) is 18.0 Å². The molecule has 2 aliphatic rings. The fraction of sp³-hybridized carbons (Fsp3) is 0.379. The van der Waals surface area contributed by atoms with E-state index in [0.717, 1.165) is 41.3 Å². The van der Waals surface area contributed by atoms with Crippen molar-refractivity contribution in [1.82, 2.24) is 10.1 Å². The Morgan fingerprint density at radius 2 is 1.92 bits per heavy atom. The van der Waals surface area contributed by atoms with Gasteiger partial charge in [0.1, 0.15) is 16.9 Å². The molecule has 0 atom stereocenters. The molecule has 0 saturated heterocycles. The monoisotopic (exact) mass is 563 g/mol. The summed E-state index contributed by atoms with van der Waals surface area (Å²) in [6, 6.07) is 14.0. The van der Waals surface area contributed by atoms with E-state index in [1.165, 1.54) is 23.4 Å². The fourth-order valence-electron chi connectivity index (χ4n) is 5.51. The molecule has 0 aliphatic heterocycles. The highest BCUT2D eigenvalue weighted by Crippen LogP contribution is 2.59. The Labute approximate surface area is 230 Å². The minimum Gasteiger partial charge on any atom is -0.495 e. The third kappa shape index (κ3) is 4.69. The number of hydrogen-bond acceptors (Lipinski definition) is 7. The van der Waals surface area contributed by atoms with Crippen molar-refractivity contribution in [1.29, 1.82) is 0 Å². The van der Waals surface area contributed by atoms with Crippen LogP contribution in [0.15, 0.2) is 69.0 Å². The molecule has 2 heterocycles. The van der Waals surface area contributed by atoms with Gasteiger partial charge in [-0.15, -0.1) is 0 Å². The second kappa shape index (κ2) is 9.37. The Morgan fingerprint density at radius 3 is 2.62 bits per heavy atom. The molecule has 1 spiro atoms. The van der Waals surface area contributed by atoms with Crippen LogP contribution in [0.5, 0.6) is 5.75 Å². The topological polar surface area (TPSA) is 98.7 Å². The average Bonchev–Trinajstić information content (AvgIpc) is 3.27. The first kappa shape index (κ1) is 25.9. The van der Waals surface area contributed by atoms with E-state index in [9.17, 15) is 8.42 Å². The highest BCUT2D eigenvalue weighted by atomic mass is 32.2. The molecule has 0 N–H and O–H groups in total. The molecule has 8 nitrogen and oxygen atoms in total. The second-order valence-electron chi connectivity index (χ2n) is 11.8. The van der Waals surface area contributed by atoms with Crippen molar-refractivity contribution in [3.8, 4) is 17.1 Å². The summed E-state index contributed by atoms with van der Waals surface area (Å²) in [4.78, 5) is 4.40. The van der Waals surface area contributed by atoms with Crippen LogP contribution >= 0.6 is 0 Å². The number of sulfonamides is 1. The van der Waals surface area contributed by atoms with Crippen LogP contribution in [-0.2, 0) is 28.3 Å². The zero-order valence-corrected chi connectivity index (χ0v) is 24.5. The van der Waals surface area contributed by atoms with E-state index in [0.29, 0.717) is 36.7 Å². The summed E-state index contributed by atoms with van der Waals surface area (Å²) < 4.78 is 46.5. The summed E-state index contributed by atoms with van der Waals surface area (Å²) in [6.07, 6.45) is 6.55. The number of para-hydroxylation sites is 1. The lowest BCUT2D eigenvalue weighted by atomic mass is 9.78. The molecule has 0 bridgehead atoms.